The lowest BCUT2D eigenvalue weighted by Crippen LogP contribution is -2.49. The van der Waals surface area contributed by atoms with Gasteiger partial charge in [-0.2, -0.15) is 0 Å². The van der Waals surface area contributed by atoms with Gasteiger partial charge in [0.1, 0.15) is 0 Å². The van der Waals surface area contributed by atoms with E-state index in [1.54, 1.807) is 25.4 Å². The summed E-state index contributed by atoms with van der Waals surface area (Å²) in [6.45, 7) is 1.79. The summed E-state index contributed by atoms with van der Waals surface area (Å²) in [7, 11) is 0. The Balaban J connectivity index is 2.52. The molecule has 21 heavy (non-hydrogen) atoms. The van der Waals surface area contributed by atoms with E-state index in [0.717, 1.165) is 4.47 Å². The van der Waals surface area contributed by atoms with Gasteiger partial charge in [0.2, 0.25) is 5.91 Å². The highest BCUT2D eigenvalue weighted by Gasteiger charge is 2.44. The first-order chi connectivity index (χ1) is 9.77. The highest BCUT2D eigenvalue weighted by molar-refractivity contribution is 9.10. The minimum Gasteiger partial charge on any atom is -0.368 e. The van der Waals surface area contributed by atoms with Crippen LogP contribution in [0.25, 0.3) is 0 Å². The van der Waals surface area contributed by atoms with Crippen LogP contribution in [0.15, 0.2) is 39.6 Å². The van der Waals surface area contributed by atoms with E-state index in [4.69, 9.17) is 40.5 Å². The Morgan fingerprint density at radius 1 is 1.52 bits per heavy atom. The number of nitrogens with one attached hydrogen (secondary N) is 1. The topological polar surface area (TPSA) is 68.0 Å². The molecule has 0 spiro atoms. The van der Waals surface area contributed by atoms with Crippen LogP contribution in [-0.2, 0) is 4.79 Å². The van der Waals surface area contributed by atoms with E-state index in [-0.39, 0.29) is 10.6 Å². The average molecular weight is 412 g/mol. The van der Waals surface area contributed by atoms with Crippen molar-refractivity contribution >= 4 is 56.6 Å². The number of pyridine rings is 1. The number of nitrogens with zero attached hydrogens (tertiary/aromatic N) is 1. The molecule has 1 aliphatic rings. The van der Waals surface area contributed by atoms with Crippen LogP contribution < -0.4 is 11.1 Å². The number of rotatable bonds is 3. The first-order valence-corrected chi connectivity index (χ1v) is 7.84. The molecule has 2 rings (SSSR count). The summed E-state index contributed by atoms with van der Waals surface area (Å²) in [6, 6.07) is 1.70. The van der Waals surface area contributed by atoms with Crippen LogP contribution in [0.5, 0.6) is 0 Å². The van der Waals surface area contributed by atoms with Crippen molar-refractivity contribution in [1.82, 2.24) is 10.3 Å². The van der Waals surface area contributed by atoms with Crippen LogP contribution in [-0.4, -0.2) is 15.9 Å². The molecule has 0 aliphatic carbocycles. The van der Waals surface area contributed by atoms with E-state index in [2.05, 4.69) is 26.2 Å². The number of carbonyl (C=O) groups excluding carboxylic acids is 1. The molecular formula is C13H11BrCl3N3O. The number of carbonyl (C=O) groups is 1. The Hall–Kier alpha value is -0.750. The van der Waals surface area contributed by atoms with Gasteiger partial charge in [0.25, 0.3) is 0 Å². The monoisotopic (exact) mass is 409 g/mol. The number of dihydropyridines is 1. The quantitative estimate of drug-likeness (QED) is 0.590. The number of hydrogen-bond donors (Lipinski definition) is 2. The molecule has 0 aromatic carbocycles. The fourth-order valence-corrected chi connectivity index (χ4v) is 3.64. The first kappa shape index (κ1) is 16.6. The van der Waals surface area contributed by atoms with Gasteiger partial charge in [-0.25, -0.2) is 0 Å². The number of primary amides is 1. The molecule has 3 N–H and O–H groups in total. The van der Waals surface area contributed by atoms with Crippen molar-refractivity contribution in [3.63, 3.8) is 0 Å². The summed E-state index contributed by atoms with van der Waals surface area (Å²) in [5.74, 6) is -1.16. The molecule has 8 heteroatoms. The highest BCUT2D eigenvalue weighted by Crippen LogP contribution is 2.43. The van der Waals surface area contributed by atoms with Gasteiger partial charge in [-0.05, 0) is 34.3 Å². The number of allylic oxidation sites excluding steroid dienone is 2. The molecule has 112 valence electrons. The number of amides is 1. The van der Waals surface area contributed by atoms with Gasteiger partial charge in [0.15, 0.2) is 5.00 Å². The Kier molecular flexibility index (Phi) is 4.88. The fraction of sp³-hybridized carbons (Fsp3) is 0.231. The van der Waals surface area contributed by atoms with Crippen LogP contribution in [0.1, 0.15) is 18.5 Å². The van der Waals surface area contributed by atoms with Gasteiger partial charge in [0.05, 0.1) is 21.3 Å². The van der Waals surface area contributed by atoms with Crippen molar-refractivity contribution in [2.45, 2.75) is 17.8 Å². The van der Waals surface area contributed by atoms with Gasteiger partial charge >= 0.3 is 0 Å². The predicted octanol–water partition coefficient (Wildman–Crippen LogP) is 3.63. The lowest BCUT2D eigenvalue weighted by molar-refractivity contribution is -0.115. The van der Waals surface area contributed by atoms with Crippen molar-refractivity contribution in [1.29, 1.82) is 0 Å². The van der Waals surface area contributed by atoms with Crippen molar-refractivity contribution in [2.75, 3.05) is 0 Å². The third kappa shape index (κ3) is 3.06. The van der Waals surface area contributed by atoms with Crippen LogP contribution in [0.2, 0.25) is 5.02 Å². The standard InChI is InChI=1S/C13H11BrCl3N3O/c1-6(11-9(16)4-7(14)5-19-11)13(17)10(12(18)21)8(15)2-3-20-13/h2-6,20H,1H3,(H2,18,21). The molecule has 1 aromatic heterocycles. The normalized spacial score (nSPS) is 22.9. The first-order valence-electron chi connectivity index (χ1n) is 5.91. The number of alkyl halides is 1. The molecule has 2 heterocycles. The van der Waals surface area contributed by atoms with E-state index >= 15 is 0 Å². The molecule has 2 atom stereocenters. The lowest BCUT2D eigenvalue weighted by Gasteiger charge is -2.37. The maximum absolute atomic E-state index is 11.7. The second kappa shape index (κ2) is 6.16. The molecular weight excluding hydrogens is 400 g/mol. The average Bonchev–Trinajstić information content (AvgIpc) is 2.37. The summed E-state index contributed by atoms with van der Waals surface area (Å²) < 4.78 is 0.743. The number of aromatic nitrogens is 1. The smallest absolute Gasteiger partial charge is 0.249 e. The Morgan fingerprint density at radius 3 is 2.76 bits per heavy atom. The maximum Gasteiger partial charge on any atom is 0.249 e. The third-order valence-corrected chi connectivity index (χ3v) is 4.89. The summed E-state index contributed by atoms with van der Waals surface area (Å²) in [5.41, 5.74) is 6.02. The van der Waals surface area contributed by atoms with Crippen molar-refractivity contribution in [3.8, 4) is 0 Å². The fourth-order valence-electron chi connectivity index (χ4n) is 2.14. The van der Waals surface area contributed by atoms with E-state index in [1.807, 2.05) is 0 Å². The minimum absolute atomic E-state index is 0.0848. The Bertz CT molecular complexity index is 662. The third-order valence-electron chi connectivity index (χ3n) is 3.22. The highest BCUT2D eigenvalue weighted by atomic mass is 79.9. The van der Waals surface area contributed by atoms with Crippen molar-refractivity contribution in [2.24, 2.45) is 5.73 Å². The van der Waals surface area contributed by atoms with E-state index < -0.39 is 16.8 Å². The number of hydrogen-bond acceptors (Lipinski definition) is 3. The number of nitrogens with two attached hydrogens (primary N) is 1. The molecule has 1 aromatic rings. The van der Waals surface area contributed by atoms with Crippen LogP contribution in [0.4, 0.5) is 0 Å². The molecule has 0 fully saturated rings. The molecule has 0 saturated carbocycles. The largest absolute Gasteiger partial charge is 0.368 e. The van der Waals surface area contributed by atoms with E-state index in [9.17, 15) is 4.79 Å². The summed E-state index contributed by atoms with van der Waals surface area (Å²) in [6.07, 6.45) is 4.68. The lowest BCUT2D eigenvalue weighted by atomic mass is 9.88. The van der Waals surface area contributed by atoms with E-state index in [1.165, 1.54) is 6.08 Å². The van der Waals surface area contributed by atoms with Gasteiger partial charge in [-0.3, -0.25) is 9.78 Å². The molecule has 1 aliphatic heterocycles. The van der Waals surface area contributed by atoms with Crippen LogP contribution in [0.3, 0.4) is 0 Å². The van der Waals surface area contributed by atoms with Gasteiger partial charge in [0, 0.05) is 16.6 Å². The van der Waals surface area contributed by atoms with Crippen LogP contribution in [0, 0.1) is 0 Å². The molecule has 0 saturated heterocycles. The second-order valence-corrected chi connectivity index (χ2v) is 6.85. The Morgan fingerprint density at radius 2 is 2.19 bits per heavy atom. The molecule has 0 bridgehead atoms. The maximum atomic E-state index is 11.7. The predicted molar refractivity (Wildman–Crippen MR) is 88.3 cm³/mol. The van der Waals surface area contributed by atoms with Gasteiger partial charge in [-0.15, -0.1) is 0 Å². The van der Waals surface area contributed by atoms with Gasteiger partial charge in [-0.1, -0.05) is 41.7 Å². The molecule has 0 radical (unpaired) electrons. The zero-order valence-electron chi connectivity index (χ0n) is 10.8. The molecule has 4 nitrogen and oxygen atoms in total. The van der Waals surface area contributed by atoms with E-state index in [0.29, 0.717) is 10.7 Å². The van der Waals surface area contributed by atoms with Crippen molar-refractivity contribution < 1.29 is 4.79 Å². The SMILES string of the molecule is CC(c1ncc(Br)cc1Cl)C1(Cl)NC=CC(Cl)=C1C(N)=O. The molecule has 2 unspecified atom stereocenters. The number of halogens is 4. The second-order valence-electron chi connectivity index (χ2n) is 4.52. The Labute approximate surface area is 145 Å². The van der Waals surface area contributed by atoms with Crippen molar-refractivity contribution in [3.05, 3.63) is 50.3 Å². The molecule has 1 amide bonds. The summed E-state index contributed by atoms with van der Waals surface area (Å²) in [5, 5.41) is 3.54. The summed E-state index contributed by atoms with van der Waals surface area (Å²) in [4.78, 5) is 14.7. The minimum atomic E-state index is -1.32. The zero-order valence-corrected chi connectivity index (χ0v) is 14.7. The van der Waals surface area contributed by atoms with Crippen LogP contribution >= 0.6 is 50.7 Å². The zero-order chi connectivity index (χ0) is 15.8. The van der Waals surface area contributed by atoms with Gasteiger partial charge < -0.3 is 11.1 Å². The summed E-state index contributed by atoms with van der Waals surface area (Å²) >= 11 is 22.2.